The van der Waals surface area contributed by atoms with Crippen LogP contribution in [0.5, 0.6) is 0 Å². The zero-order valence-corrected chi connectivity index (χ0v) is 7.71. The molecule has 0 saturated carbocycles. The van der Waals surface area contributed by atoms with Crippen LogP contribution >= 0.6 is 11.6 Å². The Balaban J connectivity index is 4.84. The van der Waals surface area contributed by atoms with Crippen molar-refractivity contribution in [2.45, 2.75) is 0 Å². The minimum atomic E-state index is -0.604. The van der Waals surface area contributed by atoms with Crippen molar-refractivity contribution in [2.75, 3.05) is 0 Å². The van der Waals surface area contributed by atoms with Crippen LogP contribution in [-0.2, 0) is 4.79 Å². The monoisotopic (exact) mass is 193 g/mol. The van der Waals surface area contributed by atoms with E-state index in [1.807, 2.05) is 6.07 Å². The van der Waals surface area contributed by atoms with Crippen molar-refractivity contribution in [1.82, 2.24) is 0 Å². The van der Waals surface area contributed by atoms with Crippen molar-refractivity contribution in [3.05, 3.63) is 48.6 Å². The van der Waals surface area contributed by atoms with Gasteiger partial charge < -0.3 is 0 Å². The fourth-order valence-electron chi connectivity index (χ4n) is 0.544. The van der Waals surface area contributed by atoms with Crippen molar-refractivity contribution in [1.29, 1.82) is 5.26 Å². The van der Waals surface area contributed by atoms with Gasteiger partial charge in [0.25, 0.3) is 5.24 Å². The maximum absolute atomic E-state index is 10.7. The van der Waals surface area contributed by atoms with E-state index >= 15 is 0 Å². The summed E-state index contributed by atoms with van der Waals surface area (Å²) in [6, 6.07) is 1.88. The molecule has 0 aliphatic heterocycles. The molecule has 0 N–H and O–H groups in total. The van der Waals surface area contributed by atoms with Crippen LogP contribution in [0.1, 0.15) is 0 Å². The zero-order valence-electron chi connectivity index (χ0n) is 6.96. The second kappa shape index (κ2) is 5.99. The fourth-order valence-corrected chi connectivity index (χ4v) is 0.684. The van der Waals surface area contributed by atoms with Crippen LogP contribution in [0.15, 0.2) is 48.6 Å². The summed E-state index contributed by atoms with van der Waals surface area (Å²) in [6.07, 6.45) is 5.58. The van der Waals surface area contributed by atoms with E-state index < -0.39 is 5.24 Å². The first-order valence-electron chi connectivity index (χ1n) is 3.42. The van der Waals surface area contributed by atoms with Gasteiger partial charge in [-0.2, -0.15) is 5.26 Å². The molecule has 0 atom stereocenters. The van der Waals surface area contributed by atoms with Gasteiger partial charge in [-0.1, -0.05) is 25.3 Å². The Morgan fingerprint density at radius 3 is 2.23 bits per heavy atom. The number of hydrogen-bond donors (Lipinski definition) is 0. The van der Waals surface area contributed by atoms with Gasteiger partial charge in [0.15, 0.2) is 0 Å². The second-order valence-electron chi connectivity index (χ2n) is 2.04. The van der Waals surface area contributed by atoms with Gasteiger partial charge in [-0.05, 0) is 23.8 Å². The van der Waals surface area contributed by atoms with Gasteiger partial charge in [0.1, 0.15) is 0 Å². The summed E-state index contributed by atoms with van der Waals surface area (Å²) in [7, 11) is 0. The number of hydrogen-bond acceptors (Lipinski definition) is 2. The first kappa shape index (κ1) is 11.4. The maximum Gasteiger partial charge on any atom is 0.252 e. The lowest BCUT2D eigenvalue weighted by Gasteiger charge is -1.89. The summed E-state index contributed by atoms with van der Waals surface area (Å²) < 4.78 is 0. The number of nitrogens with zero attached hydrogens (tertiary/aromatic N) is 1. The van der Waals surface area contributed by atoms with E-state index in [1.165, 1.54) is 24.3 Å². The summed E-state index contributed by atoms with van der Waals surface area (Å²) in [5, 5.41) is 7.88. The molecular formula is C10H8ClNO. The Kier molecular flexibility index (Phi) is 5.25. The van der Waals surface area contributed by atoms with Gasteiger partial charge in [0.2, 0.25) is 0 Å². The van der Waals surface area contributed by atoms with Crippen LogP contribution in [0.4, 0.5) is 0 Å². The molecule has 13 heavy (non-hydrogen) atoms. The predicted octanol–water partition coefficient (Wildman–Crippen LogP) is 2.50. The standard InChI is InChI=1S/C10H8ClNO/c1-3-8(7-12)5-6-9(4-2)10(11)13/h3-6H,1-2H2/b8-5+,9-6+. The topological polar surface area (TPSA) is 40.9 Å². The van der Waals surface area contributed by atoms with Gasteiger partial charge in [0.05, 0.1) is 11.6 Å². The molecule has 0 amide bonds. The third-order valence-corrected chi connectivity index (χ3v) is 1.46. The largest absolute Gasteiger partial charge is 0.276 e. The maximum atomic E-state index is 10.7. The number of carbonyl (C=O) groups excluding carboxylic acids is 1. The van der Waals surface area contributed by atoms with Crippen LogP contribution in [0.3, 0.4) is 0 Å². The molecule has 0 heterocycles. The van der Waals surface area contributed by atoms with Crippen LogP contribution in [0.2, 0.25) is 0 Å². The third-order valence-electron chi connectivity index (χ3n) is 1.24. The zero-order chi connectivity index (χ0) is 10.3. The molecule has 2 nitrogen and oxygen atoms in total. The molecule has 0 fully saturated rings. The Morgan fingerprint density at radius 1 is 1.31 bits per heavy atom. The molecule has 66 valence electrons. The minimum Gasteiger partial charge on any atom is -0.276 e. The van der Waals surface area contributed by atoms with Crippen LogP contribution in [-0.4, -0.2) is 5.24 Å². The lowest BCUT2D eigenvalue weighted by Crippen LogP contribution is -1.87. The van der Waals surface area contributed by atoms with Crippen molar-refractivity contribution in [2.24, 2.45) is 0 Å². The Hall–Kier alpha value is -1.59. The van der Waals surface area contributed by atoms with Gasteiger partial charge in [-0.15, -0.1) is 0 Å². The van der Waals surface area contributed by atoms with E-state index in [9.17, 15) is 4.79 Å². The average Bonchev–Trinajstić information content (AvgIpc) is 2.12. The molecular weight excluding hydrogens is 186 g/mol. The minimum absolute atomic E-state index is 0.247. The molecule has 0 saturated heterocycles. The molecule has 0 aliphatic rings. The highest BCUT2D eigenvalue weighted by molar-refractivity contribution is 6.68. The predicted molar refractivity (Wildman–Crippen MR) is 53.0 cm³/mol. The smallest absolute Gasteiger partial charge is 0.252 e. The summed E-state index contributed by atoms with van der Waals surface area (Å²) in [5.74, 6) is 0. The molecule has 0 aromatic carbocycles. The van der Waals surface area contributed by atoms with Crippen LogP contribution in [0.25, 0.3) is 0 Å². The van der Waals surface area contributed by atoms with Gasteiger partial charge in [0, 0.05) is 5.57 Å². The Bertz CT molecular complexity index is 331. The molecule has 0 spiro atoms. The number of carbonyl (C=O) groups is 1. The first-order chi connectivity index (χ1) is 6.15. The number of allylic oxidation sites excluding steroid dienone is 6. The summed E-state index contributed by atoms with van der Waals surface area (Å²) in [5.41, 5.74) is 0.605. The molecule has 0 aromatic rings. The molecule has 0 rings (SSSR count). The summed E-state index contributed by atoms with van der Waals surface area (Å²) >= 11 is 5.20. The van der Waals surface area contributed by atoms with E-state index in [2.05, 4.69) is 13.2 Å². The summed E-state index contributed by atoms with van der Waals surface area (Å²) in [4.78, 5) is 10.7. The third kappa shape index (κ3) is 4.09. The van der Waals surface area contributed by atoms with Gasteiger partial charge in [-0.3, -0.25) is 4.79 Å². The van der Waals surface area contributed by atoms with E-state index in [4.69, 9.17) is 16.9 Å². The van der Waals surface area contributed by atoms with Crippen LogP contribution < -0.4 is 0 Å². The van der Waals surface area contributed by atoms with Crippen LogP contribution in [0, 0.1) is 11.3 Å². The van der Waals surface area contributed by atoms with Gasteiger partial charge in [-0.25, -0.2) is 0 Å². The molecule has 0 unspecified atom stereocenters. The average molecular weight is 194 g/mol. The first-order valence-corrected chi connectivity index (χ1v) is 3.80. The lowest BCUT2D eigenvalue weighted by molar-refractivity contribution is -0.108. The Labute approximate surface area is 82.1 Å². The number of rotatable bonds is 4. The Morgan fingerprint density at radius 2 is 1.92 bits per heavy atom. The second-order valence-corrected chi connectivity index (χ2v) is 2.38. The van der Waals surface area contributed by atoms with Crippen molar-refractivity contribution in [3.63, 3.8) is 0 Å². The number of nitriles is 1. The molecule has 0 bridgehead atoms. The van der Waals surface area contributed by atoms with E-state index in [-0.39, 0.29) is 5.57 Å². The van der Waals surface area contributed by atoms with E-state index in [0.717, 1.165) is 0 Å². The lowest BCUT2D eigenvalue weighted by atomic mass is 10.2. The SMILES string of the molecule is C=C/C(C#N)=C\C=C(/C=C)C(=O)Cl. The molecule has 0 aliphatic carbocycles. The molecule has 0 aromatic heterocycles. The quantitative estimate of drug-likeness (QED) is 0.298. The highest BCUT2D eigenvalue weighted by Gasteiger charge is 1.98. The number of halogens is 1. The van der Waals surface area contributed by atoms with Crippen molar-refractivity contribution in [3.8, 4) is 6.07 Å². The van der Waals surface area contributed by atoms with Gasteiger partial charge >= 0.3 is 0 Å². The highest BCUT2D eigenvalue weighted by Crippen LogP contribution is 2.03. The fraction of sp³-hybridized carbons (Fsp3) is 0. The van der Waals surface area contributed by atoms with E-state index in [0.29, 0.717) is 5.57 Å². The highest BCUT2D eigenvalue weighted by atomic mass is 35.5. The van der Waals surface area contributed by atoms with Crippen molar-refractivity contribution >= 4 is 16.8 Å². The molecule has 3 heteroatoms. The van der Waals surface area contributed by atoms with E-state index in [1.54, 1.807) is 0 Å². The van der Waals surface area contributed by atoms with Crippen molar-refractivity contribution < 1.29 is 4.79 Å². The molecule has 0 radical (unpaired) electrons. The summed E-state index contributed by atoms with van der Waals surface area (Å²) in [6.45, 7) is 6.82. The normalized spacial score (nSPS) is 11.7.